The van der Waals surface area contributed by atoms with Crippen molar-refractivity contribution in [3.05, 3.63) is 0 Å². The fourth-order valence-corrected chi connectivity index (χ4v) is 1.72. The quantitative estimate of drug-likeness (QED) is 0.684. The van der Waals surface area contributed by atoms with Crippen LogP contribution in [-0.4, -0.2) is 42.4 Å². The molecule has 1 aliphatic rings. The Bertz CT molecular complexity index is 291. The minimum Gasteiger partial charge on any atom is -0.389 e. The van der Waals surface area contributed by atoms with Crippen molar-refractivity contribution in [1.82, 2.24) is 10.6 Å². The molecule has 1 atom stereocenters. The Labute approximate surface area is 97.6 Å². The summed E-state index contributed by atoms with van der Waals surface area (Å²) in [6.45, 7) is 2.38. The van der Waals surface area contributed by atoms with Gasteiger partial charge >= 0.3 is 6.18 Å². The lowest BCUT2D eigenvalue weighted by atomic mass is 9.85. The van der Waals surface area contributed by atoms with Crippen molar-refractivity contribution >= 4 is 5.91 Å². The van der Waals surface area contributed by atoms with Gasteiger partial charge in [0.15, 0.2) is 5.41 Å². The summed E-state index contributed by atoms with van der Waals surface area (Å²) in [7, 11) is 0. The summed E-state index contributed by atoms with van der Waals surface area (Å²) in [4.78, 5) is 11.7. The molecule has 1 fully saturated rings. The van der Waals surface area contributed by atoms with Gasteiger partial charge in [-0.1, -0.05) is 0 Å². The molecule has 0 spiro atoms. The van der Waals surface area contributed by atoms with E-state index in [1.165, 1.54) is 13.8 Å². The largest absolute Gasteiger partial charge is 0.404 e. The lowest BCUT2D eigenvalue weighted by Gasteiger charge is -2.30. The second kappa shape index (κ2) is 4.45. The van der Waals surface area contributed by atoms with Crippen LogP contribution in [0.4, 0.5) is 13.2 Å². The van der Waals surface area contributed by atoms with Crippen molar-refractivity contribution in [2.24, 2.45) is 5.41 Å². The molecule has 100 valence electrons. The normalized spacial score (nSPS) is 26.0. The van der Waals surface area contributed by atoms with Crippen LogP contribution >= 0.6 is 0 Å². The second-order valence-corrected chi connectivity index (χ2v) is 5.00. The number of carbonyl (C=O) groups is 1. The summed E-state index contributed by atoms with van der Waals surface area (Å²) < 4.78 is 38.8. The predicted molar refractivity (Wildman–Crippen MR) is 55.3 cm³/mol. The van der Waals surface area contributed by atoms with Crippen molar-refractivity contribution in [2.45, 2.75) is 32.0 Å². The van der Waals surface area contributed by atoms with E-state index in [1.54, 1.807) is 0 Å². The van der Waals surface area contributed by atoms with Gasteiger partial charge in [-0.2, -0.15) is 13.2 Å². The molecule has 7 heteroatoms. The number of aliphatic hydroxyl groups is 1. The highest BCUT2D eigenvalue weighted by Gasteiger charge is 2.61. The third-order valence-electron chi connectivity index (χ3n) is 2.81. The number of alkyl halides is 3. The first kappa shape index (κ1) is 14.2. The van der Waals surface area contributed by atoms with Crippen LogP contribution < -0.4 is 10.6 Å². The van der Waals surface area contributed by atoms with Gasteiger partial charge in [0, 0.05) is 13.1 Å². The molecule has 1 amide bonds. The molecule has 0 radical (unpaired) electrons. The minimum absolute atomic E-state index is 0.162. The maximum atomic E-state index is 12.9. The number of halogens is 3. The fourth-order valence-electron chi connectivity index (χ4n) is 1.72. The first-order chi connectivity index (χ1) is 7.58. The van der Waals surface area contributed by atoms with E-state index >= 15 is 0 Å². The zero-order chi connectivity index (χ0) is 13.3. The molecule has 0 saturated carbocycles. The number of nitrogens with one attached hydrogen (secondary N) is 2. The SMILES string of the molecule is CC(C)(O)CNC(=O)C1(C(F)(F)F)CCNC1. The Morgan fingerprint density at radius 2 is 2.06 bits per heavy atom. The Hall–Kier alpha value is -0.820. The highest BCUT2D eigenvalue weighted by molar-refractivity contribution is 5.84. The number of carbonyl (C=O) groups excluding carboxylic acids is 1. The average molecular weight is 254 g/mol. The number of hydrogen-bond acceptors (Lipinski definition) is 3. The Morgan fingerprint density at radius 1 is 1.47 bits per heavy atom. The molecule has 4 nitrogen and oxygen atoms in total. The van der Waals surface area contributed by atoms with Crippen LogP contribution in [0.25, 0.3) is 0 Å². The van der Waals surface area contributed by atoms with Gasteiger partial charge < -0.3 is 15.7 Å². The summed E-state index contributed by atoms with van der Waals surface area (Å²) in [6, 6.07) is 0. The van der Waals surface area contributed by atoms with Crippen LogP contribution in [-0.2, 0) is 4.79 Å². The first-order valence-corrected chi connectivity index (χ1v) is 5.37. The number of hydrogen-bond donors (Lipinski definition) is 3. The van der Waals surface area contributed by atoms with Crippen molar-refractivity contribution in [2.75, 3.05) is 19.6 Å². The molecule has 1 aliphatic heterocycles. The third-order valence-corrected chi connectivity index (χ3v) is 2.81. The average Bonchev–Trinajstić information content (AvgIpc) is 2.61. The minimum atomic E-state index is -4.58. The summed E-state index contributed by atoms with van der Waals surface area (Å²) in [5.74, 6) is -1.07. The van der Waals surface area contributed by atoms with Gasteiger partial charge in [0.2, 0.25) is 5.91 Å². The molecule has 0 aliphatic carbocycles. The third kappa shape index (κ3) is 3.10. The van der Waals surface area contributed by atoms with E-state index in [0.29, 0.717) is 0 Å². The van der Waals surface area contributed by atoms with Crippen molar-refractivity contribution in [3.63, 3.8) is 0 Å². The van der Waals surface area contributed by atoms with Gasteiger partial charge in [0.1, 0.15) is 0 Å². The van der Waals surface area contributed by atoms with E-state index in [0.717, 1.165) is 0 Å². The molecule has 3 N–H and O–H groups in total. The standard InChI is InChI=1S/C10H17F3N2O2/c1-8(2,17)5-15-7(16)9(10(11,12)13)3-4-14-6-9/h14,17H,3-6H2,1-2H3,(H,15,16). The molecule has 1 saturated heterocycles. The van der Waals surface area contributed by atoms with Crippen molar-refractivity contribution < 1.29 is 23.1 Å². The highest BCUT2D eigenvalue weighted by atomic mass is 19.4. The van der Waals surface area contributed by atoms with E-state index in [9.17, 15) is 23.1 Å². The summed E-state index contributed by atoms with van der Waals surface area (Å²) in [5.41, 5.74) is -3.59. The first-order valence-electron chi connectivity index (χ1n) is 5.37. The smallest absolute Gasteiger partial charge is 0.389 e. The lowest BCUT2D eigenvalue weighted by molar-refractivity contribution is -0.216. The van der Waals surface area contributed by atoms with E-state index in [-0.39, 0.29) is 19.5 Å². The van der Waals surface area contributed by atoms with Gasteiger partial charge in [0.25, 0.3) is 0 Å². The van der Waals surface area contributed by atoms with Crippen molar-refractivity contribution in [1.29, 1.82) is 0 Å². The Kier molecular flexibility index (Phi) is 3.73. The van der Waals surface area contributed by atoms with Gasteiger partial charge in [-0.15, -0.1) is 0 Å². The topological polar surface area (TPSA) is 61.4 Å². The maximum absolute atomic E-state index is 12.9. The molecule has 1 unspecified atom stereocenters. The van der Waals surface area contributed by atoms with E-state index in [4.69, 9.17) is 0 Å². The number of amides is 1. The van der Waals surface area contributed by atoms with Gasteiger partial charge in [-0.05, 0) is 26.8 Å². The summed E-state index contributed by atoms with van der Waals surface area (Å²) >= 11 is 0. The van der Waals surface area contributed by atoms with E-state index in [1.807, 2.05) is 0 Å². The highest BCUT2D eigenvalue weighted by Crippen LogP contribution is 2.43. The predicted octanol–water partition coefficient (Wildman–Crippen LogP) is 0.415. The van der Waals surface area contributed by atoms with Crippen LogP contribution in [0.1, 0.15) is 20.3 Å². The van der Waals surface area contributed by atoms with E-state index < -0.39 is 29.6 Å². The second-order valence-electron chi connectivity index (χ2n) is 5.00. The summed E-state index contributed by atoms with van der Waals surface area (Å²) in [5, 5.41) is 14.1. The van der Waals surface area contributed by atoms with Crippen LogP contribution in [0.15, 0.2) is 0 Å². The molecular formula is C10H17F3N2O2. The number of rotatable bonds is 3. The van der Waals surface area contributed by atoms with Gasteiger partial charge in [-0.3, -0.25) is 4.79 Å². The van der Waals surface area contributed by atoms with Crippen LogP contribution in [0.5, 0.6) is 0 Å². The molecular weight excluding hydrogens is 237 g/mol. The van der Waals surface area contributed by atoms with E-state index in [2.05, 4.69) is 10.6 Å². The zero-order valence-corrected chi connectivity index (χ0v) is 9.82. The van der Waals surface area contributed by atoms with Gasteiger partial charge in [0.05, 0.1) is 5.60 Å². The van der Waals surface area contributed by atoms with Crippen LogP contribution in [0, 0.1) is 5.41 Å². The Balaban J connectivity index is 2.76. The van der Waals surface area contributed by atoms with Crippen LogP contribution in [0.2, 0.25) is 0 Å². The molecule has 1 heterocycles. The lowest BCUT2D eigenvalue weighted by Crippen LogP contribution is -2.54. The molecule has 0 aromatic carbocycles. The van der Waals surface area contributed by atoms with Gasteiger partial charge in [-0.25, -0.2) is 0 Å². The molecule has 0 aromatic heterocycles. The van der Waals surface area contributed by atoms with Crippen LogP contribution in [0.3, 0.4) is 0 Å². The monoisotopic (exact) mass is 254 g/mol. The maximum Gasteiger partial charge on any atom is 0.404 e. The molecule has 0 aromatic rings. The van der Waals surface area contributed by atoms with Crippen molar-refractivity contribution in [3.8, 4) is 0 Å². The molecule has 0 bridgehead atoms. The molecule has 17 heavy (non-hydrogen) atoms. The summed E-state index contributed by atoms with van der Waals surface area (Å²) in [6.07, 6.45) is -4.85. The fraction of sp³-hybridized carbons (Fsp3) is 0.900. The zero-order valence-electron chi connectivity index (χ0n) is 9.82. The Morgan fingerprint density at radius 3 is 2.41 bits per heavy atom. The molecule has 1 rings (SSSR count).